The van der Waals surface area contributed by atoms with Crippen molar-refractivity contribution in [1.82, 2.24) is 4.72 Å². The molecule has 0 saturated heterocycles. The van der Waals surface area contributed by atoms with Crippen molar-refractivity contribution in [3.63, 3.8) is 0 Å². The van der Waals surface area contributed by atoms with Crippen LogP contribution < -0.4 is 4.72 Å². The van der Waals surface area contributed by atoms with E-state index in [2.05, 4.69) is 4.72 Å². The number of sulfonamides is 1. The summed E-state index contributed by atoms with van der Waals surface area (Å²) in [4.78, 5) is 0.209. The summed E-state index contributed by atoms with van der Waals surface area (Å²) in [6.07, 6.45) is 1.13. The monoisotopic (exact) mass is 367 g/mol. The standard InChI is InChI=1S/C17H21NO4S2/c1-13-5-4-6-15(11-13)12-24(21,22)18-14(2)16-7-9-17(10-8-16)23(3,19)20/h4-11,14,18H,12H2,1-3H3/t14-/m1/s1. The Morgan fingerprint density at radius 2 is 1.62 bits per heavy atom. The van der Waals surface area contributed by atoms with Crippen LogP contribution in [0, 0.1) is 6.92 Å². The summed E-state index contributed by atoms with van der Waals surface area (Å²) in [5.41, 5.74) is 2.43. The first-order valence-corrected chi connectivity index (χ1v) is 11.0. The van der Waals surface area contributed by atoms with Crippen molar-refractivity contribution in [3.8, 4) is 0 Å². The maximum atomic E-state index is 12.3. The van der Waals surface area contributed by atoms with Crippen LogP contribution in [0.25, 0.3) is 0 Å². The molecular weight excluding hydrogens is 346 g/mol. The van der Waals surface area contributed by atoms with Gasteiger partial charge in [-0.05, 0) is 37.1 Å². The molecule has 0 aliphatic carbocycles. The van der Waals surface area contributed by atoms with E-state index in [1.54, 1.807) is 25.1 Å². The zero-order valence-electron chi connectivity index (χ0n) is 13.9. The largest absolute Gasteiger partial charge is 0.224 e. The molecule has 0 aliphatic heterocycles. The molecule has 2 rings (SSSR count). The third-order valence-corrected chi connectivity index (χ3v) is 6.16. The summed E-state index contributed by atoms with van der Waals surface area (Å²) in [5, 5.41) is 0. The number of nitrogens with one attached hydrogen (secondary N) is 1. The quantitative estimate of drug-likeness (QED) is 0.851. The van der Waals surface area contributed by atoms with Crippen molar-refractivity contribution in [1.29, 1.82) is 0 Å². The molecular formula is C17H21NO4S2. The lowest BCUT2D eigenvalue weighted by Gasteiger charge is -2.15. The van der Waals surface area contributed by atoms with Crippen LogP contribution in [0.15, 0.2) is 53.4 Å². The average molecular weight is 367 g/mol. The number of benzene rings is 2. The summed E-state index contributed by atoms with van der Waals surface area (Å²) >= 11 is 0. The van der Waals surface area contributed by atoms with Gasteiger partial charge in [0, 0.05) is 12.3 Å². The Balaban J connectivity index is 2.11. The van der Waals surface area contributed by atoms with Crippen LogP contribution >= 0.6 is 0 Å². The second-order valence-corrected chi connectivity index (χ2v) is 9.70. The van der Waals surface area contributed by atoms with Crippen molar-refractivity contribution in [2.24, 2.45) is 0 Å². The summed E-state index contributed by atoms with van der Waals surface area (Å²) in [5.74, 6) is -0.0968. The second kappa shape index (κ2) is 7.04. The first-order valence-electron chi connectivity index (χ1n) is 7.42. The molecule has 0 saturated carbocycles. The molecule has 5 nitrogen and oxygen atoms in total. The van der Waals surface area contributed by atoms with Gasteiger partial charge in [-0.1, -0.05) is 42.0 Å². The maximum Gasteiger partial charge on any atom is 0.216 e. The van der Waals surface area contributed by atoms with Gasteiger partial charge in [0.1, 0.15) is 0 Å². The Kier molecular flexibility index (Phi) is 5.47. The van der Waals surface area contributed by atoms with Gasteiger partial charge >= 0.3 is 0 Å². The van der Waals surface area contributed by atoms with E-state index in [4.69, 9.17) is 0 Å². The van der Waals surface area contributed by atoms with Crippen LogP contribution in [0.1, 0.15) is 29.7 Å². The molecule has 7 heteroatoms. The molecule has 24 heavy (non-hydrogen) atoms. The van der Waals surface area contributed by atoms with E-state index in [0.717, 1.165) is 17.4 Å². The number of rotatable bonds is 6. The van der Waals surface area contributed by atoms with Crippen molar-refractivity contribution in [2.75, 3.05) is 6.26 Å². The minimum absolute atomic E-state index is 0.0968. The molecule has 0 radical (unpaired) electrons. The summed E-state index contributed by atoms with van der Waals surface area (Å²) in [6.45, 7) is 3.64. The summed E-state index contributed by atoms with van der Waals surface area (Å²) in [6, 6.07) is 13.1. The molecule has 2 aromatic carbocycles. The Labute approximate surface area is 143 Å². The Morgan fingerprint density at radius 1 is 1.00 bits per heavy atom. The molecule has 0 bridgehead atoms. The minimum Gasteiger partial charge on any atom is -0.224 e. The first kappa shape index (κ1) is 18.6. The van der Waals surface area contributed by atoms with Crippen LogP contribution in [0.3, 0.4) is 0 Å². The van der Waals surface area contributed by atoms with Gasteiger partial charge in [-0.15, -0.1) is 0 Å². The molecule has 0 spiro atoms. The van der Waals surface area contributed by atoms with Gasteiger partial charge in [0.2, 0.25) is 10.0 Å². The Bertz CT molecular complexity index is 917. The van der Waals surface area contributed by atoms with Gasteiger partial charge in [0.25, 0.3) is 0 Å². The SMILES string of the molecule is Cc1cccc(CS(=O)(=O)N[C@H](C)c2ccc(S(C)(=O)=O)cc2)c1. The molecule has 0 fully saturated rings. The van der Waals surface area contributed by atoms with Gasteiger partial charge in [-0.25, -0.2) is 21.6 Å². The molecule has 1 atom stereocenters. The lowest BCUT2D eigenvalue weighted by molar-refractivity contribution is 0.565. The first-order chi connectivity index (χ1) is 11.1. The van der Waals surface area contributed by atoms with Gasteiger partial charge < -0.3 is 0 Å². The van der Waals surface area contributed by atoms with Crippen LogP contribution in [0.4, 0.5) is 0 Å². The predicted molar refractivity (Wildman–Crippen MR) is 94.9 cm³/mol. The van der Waals surface area contributed by atoms with Gasteiger partial charge in [-0.2, -0.15) is 0 Å². The fourth-order valence-electron chi connectivity index (χ4n) is 2.40. The molecule has 0 heterocycles. The van der Waals surface area contributed by atoms with Crippen LogP contribution in [0.2, 0.25) is 0 Å². The topological polar surface area (TPSA) is 80.3 Å². The van der Waals surface area contributed by atoms with Crippen LogP contribution in [0.5, 0.6) is 0 Å². The van der Waals surface area contributed by atoms with E-state index in [-0.39, 0.29) is 10.6 Å². The lowest BCUT2D eigenvalue weighted by atomic mass is 10.1. The third-order valence-electron chi connectivity index (χ3n) is 3.60. The van der Waals surface area contributed by atoms with Gasteiger partial charge in [0.05, 0.1) is 10.6 Å². The zero-order chi connectivity index (χ0) is 18.0. The molecule has 1 N–H and O–H groups in total. The van der Waals surface area contributed by atoms with Gasteiger partial charge in [-0.3, -0.25) is 0 Å². The van der Waals surface area contributed by atoms with E-state index < -0.39 is 25.9 Å². The zero-order valence-corrected chi connectivity index (χ0v) is 15.5. The number of sulfone groups is 1. The van der Waals surface area contributed by atoms with E-state index in [0.29, 0.717) is 5.56 Å². The van der Waals surface area contributed by atoms with Gasteiger partial charge in [0.15, 0.2) is 9.84 Å². The minimum atomic E-state index is -3.51. The number of hydrogen-bond donors (Lipinski definition) is 1. The lowest BCUT2D eigenvalue weighted by Crippen LogP contribution is -2.28. The molecule has 2 aromatic rings. The van der Waals surface area contributed by atoms with Crippen molar-refractivity contribution >= 4 is 19.9 Å². The van der Waals surface area contributed by atoms with Crippen molar-refractivity contribution in [2.45, 2.75) is 30.5 Å². The summed E-state index contributed by atoms with van der Waals surface area (Å²) < 4.78 is 50.2. The summed E-state index contributed by atoms with van der Waals surface area (Å²) in [7, 11) is -6.77. The van der Waals surface area contributed by atoms with E-state index in [9.17, 15) is 16.8 Å². The fraction of sp³-hybridized carbons (Fsp3) is 0.294. The highest BCUT2D eigenvalue weighted by molar-refractivity contribution is 7.90. The van der Waals surface area contributed by atoms with E-state index in [1.807, 2.05) is 25.1 Å². The normalized spacial score (nSPS) is 13.6. The molecule has 0 aromatic heterocycles. The van der Waals surface area contributed by atoms with Crippen LogP contribution in [-0.2, 0) is 25.6 Å². The fourth-order valence-corrected chi connectivity index (χ4v) is 4.41. The van der Waals surface area contributed by atoms with Crippen LogP contribution in [-0.4, -0.2) is 23.1 Å². The molecule has 0 aliphatic rings. The highest BCUT2D eigenvalue weighted by Crippen LogP contribution is 2.18. The predicted octanol–water partition coefficient (Wildman–Crippen LogP) is 2.58. The highest BCUT2D eigenvalue weighted by Gasteiger charge is 2.17. The van der Waals surface area contributed by atoms with E-state index >= 15 is 0 Å². The Hall–Kier alpha value is -1.70. The molecule has 0 unspecified atom stereocenters. The smallest absolute Gasteiger partial charge is 0.216 e. The van der Waals surface area contributed by atoms with Crippen molar-refractivity contribution in [3.05, 3.63) is 65.2 Å². The van der Waals surface area contributed by atoms with E-state index in [1.165, 1.54) is 12.1 Å². The highest BCUT2D eigenvalue weighted by atomic mass is 32.2. The Morgan fingerprint density at radius 3 is 2.17 bits per heavy atom. The molecule has 130 valence electrons. The van der Waals surface area contributed by atoms with Crippen molar-refractivity contribution < 1.29 is 16.8 Å². The maximum absolute atomic E-state index is 12.3. The number of aryl methyl sites for hydroxylation is 1. The third kappa shape index (κ3) is 5.15. The second-order valence-electron chi connectivity index (χ2n) is 5.93. The molecule has 0 amide bonds. The number of hydrogen-bond acceptors (Lipinski definition) is 4. The average Bonchev–Trinajstić information content (AvgIpc) is 2.45.